The highest BCUT2D eigenvalue weighted by molar-refractivity contribution is 6.16. The van der Waals surface area contributed by atoms with Gasteiger partial charge in [-0.3, -0.25) is 9.79 Å². The van der Waals surface area contributed by atoms with Crippen molar-refractivity contribution in [1.82, 2.24) is 10.2 Å². The van der Waals surface area contributed by atoms with E-state index in [-0.39, 0.29) is 5.78 Å². The van der Waals surface area contributed by atoms with E-state index in [2.05, 4.69) is 32.5 Å². The summed E-state index contributed by atoms with van der Waals surface area (Å²) in [5.41, 5.74) is 6.64. The van der Waals surface area contributed by atoms with Gasteiger partial charge in [-0.2, -0.15) is 0 Å². The van der Waals surface area contributed by atoms with E-state index in [4.69, 9.17) is 9.73 Å². The molecule has 0 bridgehead atoms. The van der Waals surface area contributed by atoms with Crippen LogP contribution < -0.4 is 10.2 Å². The van der Waals surface area contributed by atoms with Crippen molar-refractivity contribution in [3.05, 3.63) is 108 Å². The summed E-state index contributed by atoms with van der Waals surface area (Å²) in [6.45, 7) is 3.12. The number of ether oxygens (including phenoxy) is 1. The van der Waals surface area contributed by atoms with Crippen molar-refractivity contribution in [3.63, 3.8) is 0 Å². The number of Topliss-reactive ketones (excluding diaryl/α,β-unsaturated/α-hetero) is 1. The van der Waals surface area contributed by atoms with Crippen molar-refractivity contribution in [2.45, 2.75) is 12.6 Å². The van der Waals surface area contributed by atoms with Gasteiger partial charge in [0.15, 0.2) is 17.8 Å². The molecule has 1 atom stereocenters. The SMILES string of the molecule is O=C1Cc2ccccc2C(c2ccccc2)=NC1Nc1ccc(-c2ccccc2N2CCOCC2)nn1. The van der Waals surface area contributed by atoms with Gasteiger partial charge < -0.3 is 15.0 Å². The molecule has 2 aliphatic rings. The zero-order valence-electron chi connectivity index (χ0n) is 20.4. The largest absolute Gasteiger partial charge is 0.378 e. The number of nitrogens with zero attached hydrogens (tertiary/aromatic N) is 4. The molecule has 37 heavy (non-hydrogen) atoms. The van der Waals surface area contributed by atoms with Crippen LogP contribution in [0, 0.1) is 0 Å². The minimum atomic E-state index is -0.761. The van der Waals surface area contributed by atoms with Gasteiger partial charge in [-0.15, -0.1) is 10.2 Å². The molecule has 0 spiro atoms. The second-order valence-corrected chi connectivity index (χ2v) is 9.11. The van der Waals surface area contributed by atoms with E-state index < -0.39 is 6.17 Å². The first kappa shape index (κ1) is 23.1. The summed E-state index contributed by atoms with van der Waals surface area (Å²) in [5.74, 6) is 0.495. The summed E-state index contributed by atoms with van der Waals surface area (Å²) >= 11 is 0. The quantitative estimate of drug-likeness (QED) is 0.448. The van der Waals surface area contributed by atoms with Crippen LogP contribution in [0.2, 0.25) is 0 Å². The number of para-hydroxylation sites is 1. The zero-order chi connectivity index (χ0) is 25.0. The number of anilines is 2. The van der Waals surface area contributed by atoms with Gasteiger partial charge in [0.1, 0.15) is 0 Å². The lowest BCUT2D eigenvalue weighted by Crippen LogP contribution is -2.36. The van der Waals surface area contributed by atoms with Gasteiger partial charge in [-0.05, 0) is 23.8 Å². The fourth-order valence-corrected chi connectivity index (χ4v) is 4.86. The summed E-state index contributed by atoms with van der Waals surface area (Å²) in [7, 11) is 0. The molecule has 2 aliphatic heterocycles. The summed E-state index contributed by atoms with van der Waals surface area (Å²) < 4.78 is 5.51. The Kier molecular flexibility index (Phi) is 6.44. The van der Waals surface area contributed by atoms with Crippen LogP contribution in [-0.4, -0.2) is 54.2 Å². The van der Waals surface area contributed by atoms with E-state index in [0.717, 1.165) is 52.4 Å². The number of carbonyl (C=O) groups is 1. The molecule has 4 aromatic rings. The Bertz CT molecular complexity index is 1430. The third kappa shape index (κ3) is 4.86. The van der Waals surface area contributed by atoms with Crippen molar-refractivity contribution in [2.24, 2.45) is 4.99 Å². The van der Waals surface area contributed by atoms with Crippen molar-refractivity contribution in [1.29, 1.82) is 0 Å². The lowest BCUT2D eigenvalue weighted by Gasteiger charge is -2.30. The van der Waals surface area contributed by atoms with Gasteiger partial charge in [0.25, 0.3) is 0 Å². The third-order valence-electron chi connectivity index (χ3n) is 6.73. The Morgan fingerprint density at radius 2 is 1.51 bits per heavy atom. The smallest absolute Gasteiger partial charge is 0.181 e. The molecule has 1 aromatic heterocycles. The molecule has 3 aromatic carbocycles. The van der Waals surface area contributed by atoms with E-state index in [1.165, 1.54) is 0 Å². The summed E-state index contributed by atoms with van der Waals surface area (Å²) in [4.78, 5) is 20.4. The summed E-state index contributed by atoms with van der Waals surface area (Å²) in [6, 6.07) is 29.9. The summed E-state index contributed by atoms with van der Waals surface area (Å²) in [6.07, 6.45) is -0.463. The van der Waals surface area contributed by atoms with Crippen molar-refractivity contribution in [3.8, 4) is 11.3 Å². The van der Waals surface area contributed by atoms with E-state index in [0.29, 0.717) is 25.5 Å². The second-order valence-electron chi connectivity index (χ2n) is 9.11. The maximum atomic E-state index is 13.2. The molecule has 6 rings (SSSR count). The highest BCUT2D eigenvalue weighted by atomic mass is 16.5. The molecule has 3 heterocycles. The number of morpholine rings is 1. The van der Waals surface area contributed by atoms with E-state index in [1.54, 1.807) is 0 Å². The van der Waals surface area contributed by atoms with E-state index >= 15 is 0 Å². The van der Waals surface area contributed by atoms with Crippen LogP contribution in [0.4, 0.5) is 11.5 Å². The number of hydrogen-bond acceptors (Lipinski definition) is 7. The highest BCUT2D eigenvalue weighted by Gasteiger charge is 2.26. The molecular formula is C30H27N5O2. The second kappa shape index (κ2) is 10.3. The highest BCUT2D eigenvalue weighted by Crippen LogP contribution is 2.30. The first-order chi connectivity index (χ1) is 18.3. The van der Waals surface area contributed by atoms with Crippen molar-refractivity contribution >= 4 is 23.0 Å². The summed E-state index contributed by atoms with van der Waals surface area (Å²) in [5, 5.41) is 12.2. The van der Waals surface area contributed by atoms with E-state index in [1.807, 2.05) is 78.9 Å². The molecule has 7 heteroatoms. The third-order valence-corrected chi connectivity index (χ3v) is 6.73. The first-order valence-corrected chi connectivity index (χ1v) is 12.5. The Balaban J connectivity index is 1.29. The lowest BCUT2D eigenvalue weighted by atomic mass is 9.96. The van der Waals surface area contributed by atoms with Gasteiger partial charge in [0.2, 0.25) is 0 Å². The molecule has 184 valence electrons. The van der Waals surface area contributed by atoms with Gasteiger partial charge in [0, 0.05) is 41.9 Å². The molecule has 0 saturated carbocycles. The molecule has 1 saturated heterocycles. The van der Waals surface area contributed by atoms with Crippen LogP contribution in [0.1, 0.15) is 16.7 Å². The number of hydrogen-bond donors (Lipinski definition) is 1. The number of fused-ring (bicyclic) bond motifs is 1. The Morgan fingerprint density at radius 1 is 0.784 bits per heavy atom. The standard InChI is InChI=1S/C30H27N5O2/c36-27-20-22-10-4-5-11-23(22)29(21-8-2-1-3-9-21)32-30(27)31-28-15-14-25(33-34-28)24-12-6-7-13-26(24)35-16-18-37-19-17-35/h1-15,30H,16-20H2,(H,31,34). The minimum absolute atomic E-state index is 0.0121. The molecule has 1 N–H and O–H groups in total. The predicted octanol–water partition coefficient (Wildman–Crippen LogP) is 4.38. The number of carbonyl (C=O) groups excluding carboxylic acids is 1. The molecule has 0 amide bonds. The number of rotatable bonds is 5. The lowest BCUT2D eigenvalue weighted by molar-refractivity contribution is -0.118. The Morgan fingerprint density at radius 3 is 2.30 bits per heavy atom. The molecule has 0 radical (unpaired) electrons. The van der Waals surface area contributed by atoms with Crippen molar-refractivity contribution < 1.29 is 9.53 Å². The maximum Gasteiger partial charge on any atom is 0.181 e. The number of aromatic nitrogens is 2. The molecule has 1 unspecified atom stereocenters. The number of benzene rings is 3. The maximum absolute atomic E-state index is 13.2. The Labute approximate surface area is 215 Å². The van der Waals surface area contributed by atoms with Gasteiger partial charge in [0.05, 0.1) is 24.6 Å². The average Bonchev–Trinajstić information content (AvgIpc) is 3.10. The fourth-order valence-electron chi connectivity index (χ4n) is 4.86. The Hall–Kier alpha value is -4.36. The molecular weight excluding hydrogens is 462 g/mol. The van der Waals surface area contributed by atoms with Crippen LogP contribution in [0.15, 0.2) is 96.0 Å². The minimum Gasteiger partial charge on any atom is -0.378 e. The van der Waals surface area contributed by atoms with Crippen LogP contribution in [-0.2, 0) is 16.0 Å². The number of nitrogens with one attached hydrogen (secondary N) is 1. The van der Waals surface area contributed by atoms with Gasteiger partial charge in [-0.25, -0.2) is 0 Å². The molecule has 0 aliphatic carbocycles. The number of ketones is 1. The molecule has 7 nitrogen and oxygen atoms in total. The predicted molar refractivity (Wildman–Crippen MR) is 145 cm³/mol. The fraction of sp³-hybridized carbons (Fsp3) is 0.200. The molecule has 1 fully saturated rings. The normalized spacial score (nSPS) is 17.5. The topological polar surface area (TPSA) is 79.7 Å². The van der Waals surface area contributed by atoms with Gasteiger partial charge >= 0.3 is 0 Å². The van der Waals surface area contributed by atoms with Crippen LogP contribution in [0.25, 0.3) is 11.3 Å². The van der Waals surface area contributed by atoms with Crippen LogP contribution in [0.5, 0.6) is 0 Å². The average molecular weight is 490 g/mol. The van der Waals surface area contributed by atoms with Crippen LogP contribution >= 0.6 is 0 Å². The zero-order valence-corrected chi connectivity index (χ0v) is 20.4. The van der Waals surface area contributed by atoms with Crippen molar-refractivity contribution in [2.75, 3.05) is 36.5 Å². The number of aliphatic imine (C=N–C) groups is 1. The van der Waals surface area contributed by atoms with E-state index in [9.17, 15) is 4.79 Å². The van der Waals surface area contributed by atoms with Crippen LogP contribution in [0.3, 0.4) is 0 Å². The first-order valence-electron chi connectivity index (χ1n) is 12.5. The monoisotopic (exact) mass is 489 g/mol. The van der Waals surface area contributed by atoms with Gasteiger partial charge in [-0.1, -0.05) is 72.8 Å².